The molecule has 0 saturated carbocycles. The molecule has 4 rings (SSSR count). The van der Waals surface area contributed by atoms with Gasteiger partial charge in [0.05, 0.1) is 12.6 Å². The summed E-state index contributed by atoms with van der Waals surface area (Å²) in [6.45, 7) is 2.52. The lowest BCUT2D eigenvalue weighted by molar-refractivity contribution is -0.150. The first-order valence-corrected chi connectivity index (χ1v) is 7.90. The third-order valence-corrected chi connectivity index (χ3v) is 4.62. The molecule has 0 unspecified atom stereocenters. The van der Waals surface area contributed by atoms with Crippen molar-refractivity contribution in [1.82, 2.24) is 9.96 Å². The highest BCUT2D eigenvalue weighted by atomic mass is 16.7. The lowest BCUT2D eigenvalue weighted by Crippen LogP contribution is -2.42. The van der Waals surface area contributed by atoms with Gasteiger partial charge < -0.3 is 9.64 Å². The number of nitrogens with zero attached hydrogens (tertiary/aromatic N) is 2. The SMILES string of the molecule is O=C(OCc1ccccc1)N1CC=C2[C@H](C1)ON1CCC[C@@H]21. The Balaban J connectivity index is 1.36. The number of hydroxylamine groups is 2. The molecule has 3 heterocycles. The zero-order chi connectivity index (χ0) is 14.9. The van der Waals surface area contributed by atoms with E-state index in [9.17, 15) is 4.79 Å². The van der Waals surface area contributed by atoms with Crippen molar-refractivity contribution in [3.05, 3.63) is 47.5 Å². The number of carbonyl (C=O) groups excluding carboxylic acids is 1. The Hall–Kier alpha value is -1.85. The second kappa shape index (κ2) is 5.74. The molecule has 3 aliphatic rings. The summed E-state index contributed by atoms with van der Waals surface area (Å²) in [4.78, 5) is 19.9. The average molecular weight is 300 g/mol. The van der Waals surface area contributed by atoms with E-state index in [1.54, 1.807) is 4.90 Å². The summed E-state index contributed by atoms with van der Waals surface area (Å²) >= 11 is 0. The molecule has 5 heteroatoms. The average Bonchev–Trinajstić information content (AvgIpc) is 3.13. The predicted octanol–water partition coefficient (Wildman–Crippen LogP) is 2.34. The van der Waals surface area contributed by atoms with E-state index in [-0.39, 0.29) is 12.2 Å². The van der Waals surface area contributed by atoms with Gasteiger partial charge in [-0.05, 0) is 24.0 Å². The first kappa shape index (κ1) is 13.8. The standard InChI is InChI=1S/C17H20N2O3/c20-17(21-12-13-5-2-1-3-6-13)18-10-8-14-15-7-4-9-19(15)22-16(14)11-18/h1-3,5-6,8,15-16H,4,7,9-12H2/t15-,16-/m0/s1. The largest absolute Gasteiger partial charge is 0.445 e. The molecule has 1 amide bonds. The number of hydrogen-bond acceptors (Lipinski definition) is 4. The Kier molecular flexibility index (Phi) is 3.60. The van der Waals surface area contributed by atoms with E-state index in [0.29, 0.717) is 25.7 Å². The summed E-state index contributed by atoms with van der Waals surface area (Å²) in [7, 11) is 0. The van der Waals surface area contributed by atoms with Gasteiger partial charge in [-0.1, -0.05) is 36.4 Å². The fourth-order valence-electron chi connectivity index (χ4n) is 3.49. The summed E-state index contributed by atoms with van der Waals surface area (Å²) < 4.78 is 5.40. The molecule has 0 radical (unpaired) electrons. The van der Waals surface area contributed by atoms with Crippen LogP contribution in [0.15, 0.2) is 42.0 Å². The molecule has 3 aliphatic heterocycles. The first-order valence-electron chi connectivity index (χ1n) is 7.90. The monoisotopic (exact) mass is 300 g/mol. The van der Waals surface area contributed by atoms with Gasteiger partial charge in [0, 0.05) is 13.1 Å². The van der Waals surface area contributed by atoms with Crippen LogP contribution in [-0.2, 0) is 16.2 Å². The molecule has 0 aliphatic carbocycles. The van der Waals surface area contributed by atoms with Gasteiger partial charge in [-0.25, -0.2) is 4.79 Å². The Labute approximate surface area is 130 Å². The van der Waals surface area contributed by atoms with Crippen molar-refractivity contribution < 1.29 is 14.4 Å². The highest BCUT2D eigenvalue weighted by Crippen LogP contribution is 2.36. The van der Waals surface area contributed by atoms with Crippen LogP contribution in [0.3, 0.4) is 0 Å². The molecule has 1 aromatic carbocycles. The van der Waals surface area contributed by atoms with Crippen LogP contribution < -0.4 is 0 Å². The van der Waals surface area contributed by atoms with E-state index in [1.807, 2.05) is 30.3 Å². The van der Waals surface area contributed by atoms with Gasteiger partial charge in [0.1, 0.15) is 12.7 Å². The van der Waals surface area contributed by atoms with Crippen molar-refractivity contribution in [1.29, 1.82) is 0 Å². The van der Waals surface area contributed by atoms with Crippen molar-refractivity contribution >= 4 is 6.09 Å². The van der Waals surface area contributed by atoms with Crippen LogP contribution in [0.5, 0.6) is 0 Å². The normalized spacial score (nSPS) is 27.3. The Morgan fingerprint density at radius 1 is 1.32 bits per heavy atom. The van der Waals surface area contributed by atoms with Gasteiger partial charge in [0.15, 0.2) is 0 Å². The summed E-state index contributed by atoms with van der Waals surface area (Å²) in [5.41, 5.74) is 2.35. The number of rotatable bonds is 2. The zero-order valence-corrected chi connectivity index (χ0v) is 12.5. The maximum atomic E-state index is 12.2. The Morgan fingerprint density at radius 2 is 2.18 bits per heavy atom. The van der Waals surface area contributed by atoms with Crippen molar-refractivity contribution in [3.63, 3.8) is 0 Å². The molecular formula is C17H20N2O3. The molecule has 0 bridgehead atoms. The van der Waals surface area contributed by atoms with E-state index >= 15 is 0 Å². The molecule has 2 fully saturated rings. The summed E-state index contributed by atoms with van der Waals surface area (Å²) in [5, 5.41) is 2.08. The van der Waals surface area contributed by atoms with E-state index < -0.39 is 0 Å². The van der Waals surface area contributed by atoms with Gasteiger partial charge in [-0.2, -0.15) is 5.06 Å². The maximum Gasteiger partial charge on any atom is 0.410 e. The van der Waals surface area contributed by atoms with Crippen molar-refractivity contribution in [2.45, 2.75) is 31.6 Å². The number of carbonyl (C=O) groups is 1. The second-order valence-corrected chi connectivity index (χ2v) is 6.04. The van der Waals surface area contributed by atoms with Crippen LogP contribution in [0, 0.1) is 0 Å². The summed E-state index contributed by atoms with van der Waals surface area (Å²) in [6, 6.07) is 10.2. The number of fused-ring (bicyclic) bond motifs is 3. The predicted molar refractivity (Wildman–Crippen MR) is 80.9 cm³/mol. The van der Waals surface area contributed by atoms with Crippen molar-refractivity contribution in [2.75, 3.05) is 19.6 Å². The van der Waals surface area contributed by atoms with Gasteiger partial charge in [-0.3, -0.25) is 4.84 Å². The van der Waals surface area contributed by atoms with Gasteiger partial charge in [0.2, 0.25) is 0 Å². The Morgan fingerprint density at radius 3 is 3.05 bits per heavy atom. The van der Waals surface area contributed by atoms with Crippen molar-refractivity contribution in [2.24, 2.45) is 0 Å². The van der Waals surface area contributed by atoms with E-state index in [1.165, 1.54) is 18.4 Å². The lowest BCUT2D eigenvalue weighted by Gasteiger charge is -2.28. The van der Waals surface area contributed by atoms with E-state index in [4.69, 9.17) is 9.57 Å². The minimum Gasteiger partial charge on any atom is -0.445 e. The molecule has 0 spiro atoms. The minimum absolute atomic E-state index is 0.0170. The van der Waals surface area contributed by atoms with Crippen LogP contribution in [0.4, 0.5) is 4.79 Å². The number of benzene rings is 1. The minimum atomic E-state index is -0.269. The van der Waals surface area contributed by atoms with Crippen LogP contribution >= 0.6 is 0 Å². The summed E-state index contributed by atoms with van der Waals surface area (Å²) in [6.07, 6.45) is 4.25. The zero-order valence-electron chi connectivity index (χ0n) is 12.5. The lowest BCUT2D eigenvalue weighted by atomic mass is 9.97. The quantitative estimate of drug-likeness (QED) is 0.786. The highest BCUT2D eigenvalue weighted by Gasteiger charge is 2.43. The van der Waals surface area contributed by atoms with Gasteiger partial charge >= 0.3 is 6.09 Å². The first-order chi connectivity index (χ1) is 10.8. The van der Waals surface area contributed by atoms with Crippen molar-refractivity contribution in [3.8, 4) is 0 Å². The molecule has 5 nitrogen and oxygen atoms in total. The smallest absolute Gasteiger partial charge is 0.410 e. The molecular weight excluding hydrogens is 280 g/mol. The highest BCUT2D eigenvalue weighted by molar-refractivity contribution is 5.68. The summed E-state index contributed by atoms with van der Waals surface area (Å²) in [5.74, 6) is 0. The second-order valence-electron chi connectivity index (χ2n) is 6.04. The fourth-order valence-corrected chi connectivity index (χ4v) is 3.49. The maximum absolute atomic E-state index is 12.2. The molecule has 2 atom stereocenters. The van der Waals surface area contributed by atoms with E-state index in [0.717, 1.165) is 12.1 Å². The number of amides is 1. The molecule has 22 heavy (non-hydrogen) atoms. The third-order valence-electron chi connectivity index (χ3n) is 4.62. The fraction of sp³-hybridized carbons (Fsp3) is 0.471. The topological polar surface area (TPSA) is 42.0 Å². The van der Waals surface area contributed by atoms with Crippen LogP contribution in [0.2, 0.25) is 0 Å². The van der Waals surface area contributed by atoms with E-state index in [2.05, 4.69) is 11.1 Å². The van der Waals surface area contributed by atoms with Gasteiger partial charge in [0.25, 0.3) is 0 Å². The molecule has 0 aromatic heterocycles. The molecule has 2 saturated heterocycles. The number of ether oxygens (including phenoxy) is 1. The van der Waals surface area contributed by atoms with Crippen LogP contribution in [-0.4, -0.2) is 47.8 Å². The third kappa shape index (κ3) is 2.51. The van der Waals surface area contributed by atoms with Crippen LogP contribution in [0.1, 0.15) is 18.4 Å². The number of hydrogen-bond donors (Lipinski definition) is 0. The molecule has 116 valence electrons. The van der Waals surface area contributed by atoms with Gasteiger partial charge in [-0.15, -0.1) is 0 Å². The molecule has 0 N–H and O–H groups in total. The Bertz CT molecular complexity index is 587. The molecule has 1 aromatic rings. The van der Waals surface area contributed by atoms with Crippen LogP contribution in [0.25, 0.3) is 0 Å².